The van der Waals surface area contributed by atoms with Gasteiger partial charge in [-0.3, -0.25) is 9.69 Å². The Morgan fingerprint density at radius 3 is 2.83 bits per heavy atom. The fourth-order valence-corrected chi connectivity index (χ4v) is 3.03. The van der Waals surface area contributed by atoms with Crippen molar-refractivity contribution in [1.29, 1.82) is 0 Å². The summed E-state index contributed by atoms with van der Waals surface area (Å²) in [6.45, 7) is 3.84. The number of methoxy groups -OCH3 is 1. The average Bonchev–Trinajstić information content (AvgIpc) is 3.12. The van der Waals surface area contributed by atoms with Crippen LogP contribution in [0.2, 0.25) is 0 Å². The zero-order chi connectivity index (χ0) is 16.8. The van der Waals surface area contributed by atoms with Crippen LogP contribution in [0, 0.1) is 0 Å². The Balaban J connectivity index is 1.90. The highest BCUT2D eigenvalue weighted by atomic mass is 16.5. The zero-order valence-corrected chi connectivity index (χ0v) is 14.2. The molecule has 2 N–H and O–H groups in total. The van der Waals surface area contributed by atoms with Crippen LogP contribution in [0.4, 0.5) is 0 Å². The molecule has 130 valence electrons. The first kappa shape index (κ1) is 17.8. The number of ether oxygens (including phenoxy) is 1. The maximum absolute atomic E-state index is 12.6. The molecule has 8 heteroatoms. The Labute approximate surface area is 136 Å². The van der Waals surface area contributed by atoms with E-state index in [1.165, 1.54) is 0 Å². The lowest BCUT2D eigenvalue weighted by molar-refractivity contribution is -0.133. The largest absolute Gasteiger partial charge is 0.377 e. The highest BCUT2D eigenvalue weighted by molar-refractivity contribution is 5.76. The van der Waals surface area contributed by atoms with Gasteiger partial charge in [0.25, 0.3) is 0 Å². The van der Waals surface area contributed by atoms with E-state index in [1.54, 1.807) is 12.0 Å². The number of aromatic nitrogens is 2. The van der Waals surface area contributed by atoms with Crippen molar-refractivity contribution in [2.75, 3.05) is 27.2 Å². The Hall–Kier alpha value is -1.51. The van der Waals surface area contributed by atoms with Gasteiger partial charge in [-0.1, -0.05) is 5.16 Å². The van der Waals surface area contributed by atoms with E-state index in [4.69, 9.17) is 15.0 Å². The second-order valence-corrected chi connectivity index (χ2v) is 5.94. The van der Waals surface area contributed by atoms with Crippen LogP contribution in [0.3, 0.4) is 0 Å². The predicted octanol–water partition coefficient (Wildman–Crippen LogP) is 0.376. The van der Waals surface area contributed by atoms with Gasteiger partial charge in [0.1, 0.15) is 6.61 Å². The Morgan fingerprint density at radius 2 is 2.22 bits per heavy atom. The lowest BCUT2D eigenvalue weighted by Gasteiger charge is -2.27. The number of nitrogens with zero attached hydrogens (tertiary/aromatic N) is 4. The fourth-order valence-electron chi connectivity index (χ4n) is 3.03. The SMILES string of the molecule is CCN(Cc1nc(COC)no1)C(=O)C[C@@H]1CC[C@H](CN)N1C. The van der Waals surface area contributed by atoms with Crippen LogP contribution >= 0.6 is 0 Å². The van der Waals surface area contributed by atoms with Gasteiger partial charge in [0.2, 0.25) is 11.8 Å². The number of likely N-dealkylation sites (N-methyl/N-ethyl adjacent to an activating group) is 1. The molecule has 0 bridgehead atoms. The average molecular weight is 325 g/mol. The summed E-state index contributed by atoms with van der Waals surface area (Å²) in [7, 11) is 3.62. The third-order valence-corrected chi connectivity index (χ3v) is 4.51. The molecule has 1 aliphatic rings. The minimum Gasteiger partial charge on any atom is -0.377 e. The molecule has 2 atom stereocenters. The van der Waals surface area contributed by atoms with Crippen molar-refractivity contribution >= 4 is 5.91 Å². The van der Waals surface area contributed by atoms with E-state index in [2.05, 4.69) is 15.0 Å². The van der Waals surface area contributed by atoms with Crippen LogP contribution in [0.5, 0.6) is 0 Å². The molecule has 0 radical (unpaired) electrons. The Bertz CT molecular complexity index is 507. The maximum atomic E-state index is 12.6. The number of hydrogen-bond donors (Lipinski definition) is 1. The number of likely N-dealkylation sites (tertiary alicyclic amines) is 1. The van der Waals surface area contributed by atoms with Gasteiger partial charge in [0.15, 0.2) is 5.82 Å². The summed E-state index contributed by atoms with van der Waals surface area (Å²) in [6, 6.07) is 0.646. The molecule has 23 heavy (non-hydrogen) atoms. The van der Waals surface area contributed by atoms with E-state index < -0.39 is 0 Å². The van der Waals surface area contributed by atoms with Crippen LogP contribution in [0.1, 0.15) is 37.9 Å². The van der Waals surface area contributed by atoms with E-state index in [9.17, 15) is 4.79 Å². The first-order chi connectivity index (χ1) is 11.1. The van der Waals surface area contributed by atoms with Gasteiger partial charge >= 0.3 is 0 Å². The van der Waals surface area contributed by atoms with Gasteiger partial charge in [-0.05, 0) is 26.8 Å². The quantitative estimate of drug-likeness (QED) is 0.737. The van der Waals surface area contributed by atoms with E-state index >= 15 is 0 Å². The summed E-state index contributed by atoms with van der Waals surface area (Å²) in [6.07, 6.45) is 2.57. The van der Waals surface area contributed by atoms with Crippen LogP contribution in [0.25, 0.3) is 0 Å². The second kappa shape index (κ2) is 8.37. The summed E-state index contributed by atoms with van der Waals surface area (Å²) < 4.78 is 10.1. The van der Waals surface area contributed by atoms with Crippen LogP contribution < -0.4 is 5.73 Å². The van der Waals surface area contributed by atoms with Crippen molar-refractivity contribution in [3.05, 3.63) is 11.7 Å². The zero-order valence-electron chi connectivity index (χ0n) is 14.2. The normalized spacial score (nSPS) is 21.7. The van der Waals surface area contributed by atoms with Crippen molar-refractivity contribution in [2.24, 2.45) is 5.73 Å². The number of nitrogens with two attached hydrogens (primary N) is 1. The van der Waals surface area contributed by atoms with Gasteiger partial charge in [-0.15, -0.1) is 0 Å². The van der Waals surface area contributed by atoms with Crippen molar-refractivity contribution in [1.82, 2.24) is 19.9 Å². The third kappa shape index (κ3) is 4.49. The highest BCUT2D eigenvalue weighted by Crippen LogP contribution is 2.24. The molecule has 1 aromatic rings. The lowest BCUT2D eigenvalue weighted by Crippen LogP contribution is -2.40. The molecule has 0 saturated carbocycles. The van der Waals surface area contributed by atoms with E-state index in [0.29, 0.717) is 50.4 Å². The number of rotatable bonds is 8. The Morgan fingerprint density at radius 1 is 1.48 bits per heavy atom. The fraction of sp³-hybridized carbons (Fsp3) is 0.800. The maximum Gasteiger partial charge on any atom is 0.246 e. The molecule has 1 aromatic heterocycles. The molecular weight excluding hydrogens is 298 g/mol. The molecule has 1 saturated heterocycles. The monoisotopic (exact) mass is 325 g/mol. The summed E-state index contributed by atoms with van der Waals surface area (Å²) in [5, 5.41) is 3.82. The van der Waals surface area contributed by atoms with E-state index in [-0.39, 0.29) is 11.9 Å². The first-order valence-corrected chi connectivity index (χ1v) is 8.09. The van der Waals surface area contributed by atoms with Gasteiger partial charge in [-0.25, -0.2) is 0 Å². The van der Waals surface area contributed by atoms with Crippen LogP contribution in [0.15, 0.2) is 4.52 Å². The molecule has 1 amide bonds. The number of carbonyl (C=O) groups is 1. The summed E-state index contributed by atoms with van der Waals surface area (Å²) >= 11 is 0. The van der Waals surface area contributed by atoms with Crippen LogP contribution in [-0.4, -0.2) is 65.2 Å². The summed E-state index contributed by atoms with van der Waals surface area (Å²) in [4.78, 5) is 20.8. The van der Waals surface area contributed by atoms with Crippen molar-refractivity contribution in [3.8, 4) is 0 Å². The number of carbonyl (C=O) groups excluding carboxylic acids is 1. The molecule has 0 spiro atoms. The third-order valence-electron chi connectivity index (χ3n) is 4.51. The molecule has 0 unspecified atom stereocenters. The molecule has 0 aliphatic carbocycles. The van der Waals surface area contributed by atoms with Crippen molar-refractivity contribution < 1.29 is 14.1 Å². The molecule has 0 aromatic carbocycles. The predicted molar refractivity (Wildman–Crippen MR) is 84.3 cm³/mol. The number of hydrogen-bond acceptors (Lipinski definition) is 7. The summed E-state index contributed by atoms with van der Waals surface area (Å²) in [5.74, 6) is 1.03. The molecule has 1 fully saturated rings. The first-order valence-electron chi connectivity index (χ1n) is 8.09. The van der Waals surface area contributed by atoms with Crippen molar-refractivity contribution in [3.63, 3.8) is 0 Å². The lowest BCUT2D eigenvalue weighted by atomic mass is 10.1. The molecule has 1 aliphatic heterocycles. The molecular formula is C15H27N5O3. The topological polar surface area (TPSA) is 97.7 Å². The minimum atomic E-state index is 0.105. The number of amides is 1. The van der Waals surface area contributed by atoms with Gasteiger partial charge in [-0.2, -0.15) is 4.98 Å². The molecule has 2 heterocycles. The van der Waals surface area contributed by atoms with Gasteiger partial charge in [0, 0.05) is 38.7 Å². The molecule has 2 rings (SSSR count). The standard InChI is InChI=1S/C15H27N5O3/c1-4-20(9-14-17-13(10-22-3)18-23-14)15(21)7-11-5-6-12(8-16)19(11)2/h11-12H,4-10,16H2,1-3H3/t11-,12+/m0/s1. The van der Waals surface area contributed by atoms with Crippen LogP contribution in [-0.2, 0) is 22.7 Å². The highest BCUT2D eigenvalue weighted by Gasteiger charge is 2.32. The van der Waals surface area contributed by atoms with E-state index in [1.807, 2.05) is 14.0 Å². The van der Waals surface area contributed by atoms with E-state index in [0.717, 1.165) is 12.8 Å². The molecule has 8 nitrogen and oxygen atoms in total. The smallest absolute Gasteiger partial charge is 0.246 e. The summed E-state index contributed by atoms with van der Waals surface area (Å²) in [5.41, 5.74) is 5.76. The Kier molecular flexibility index (Phi) is 6.49. The van der Waals surface area contributed by atoms with Gasteiger partial charge in [0.05, 0.1) is 6.54 Å². The van der Waals surface area contributed by atoms with Gasteiger partial charge < -0.3 is 19.9 Å². The second-order valence-electron chi connectivity index (χ2n) is 5.94. The minimum absolute atomic E-state index is 0.105. The van der Waals surface area contributed by atoms with Crippen molar-refractivity contribution in [2.45, 2.75) is 51.4 Å².